The topological polar surface area (TPSA) is 71.7 Å². The molecule has 0 N–H and O–H groups in total. The molecular formula is C17H22N4O3. The first-order chi connectivity index (χ1) is 11.6. The molecular weight excluding hydrogens is 308 g/mol. The summed E-state index contributed by atoms with van der Waals surface area (Å²) in [5.41, 5.74) is 1.13. The second-order valence-electron chi connectivity index (χ2n) is 6.08. The molecule has 24 heavy (non-hydrogen) atoms. The molecule has 1 aliphatic rings. The third-order valence-corrected chi connectivity index (χ3v) is 4.12. The Morgan fingerprint density at radius 2 is 1.79 bits per heavy atom. The lowest BCUT2D eigenvalue weighted by Gasteiger charge is -2.35. The number of rotatable bonds is 4. The summed E-state index contributed by atoms with van der Waals surface area (Å²) in [6.45, 7) is 6.70. The van der Waals surface area contributed by atoms with E-state index in [9.17, 15) is 4.79 Å². The lowest BCUT2D eigenvalue weighted by atomic mass is 10.2. The van der Waals surface area contributed by atoms with Crippen molar-refractivity contribution in [3.63, 3.8) is 0 Å². The minimum Gasteiger partial charge on any atom is -0.497 e. The quantitative estimate of drug-likeness (QED) is 0.855. The van der Waals surface area contributed by atoms with Crippen LogP contribution in [0.15, 0.2) is 28.7 Å². The van der Waals surface area contributed by atoms with Crippen LogP contribution in [-0.2, 0) is 0 Å². The van der Waals surface area contributed by atoms with Gasteiger partial charge in [0, 0.05) is 37.8 Å². The van der Waals surface area contributed by atoms with Gasteiger partial charge in [0.05, 0.1) is 7.11 Å². The summed E-state index contributed by atoms with van der Waals surface area (Å²) in [5, 5.41) is 7.80. The Kier molecular flexibility index (Phi) is 4.69. The first-order valence-corrected chi connectivity index (χ1v) is 8.10. The lowest BCUT2D eigenvalue weighted by Crippen LogP contribution is -2.48. The van der Waals surface area contributed by atoms with Crippen LogP contribution in [0.3, 0.4) is 0 Å². The molecule has 1 aromatic heterocycles. The summed E-state index contributed by atoms with van der Waals surface area (Å²) in [6, 6.07) is 7.95. The third-order valence-electron chi connectivity index (χ3n) is 4.12. The smallest absolute Gasteiger partial charge is 0.311 e. The third kappa shape index (κ3) is 3.34. The zero-order chi connectivity index (χ0) is 17.1. The first kappa shape index (κ1) is 16.3. The van der Waals surface area contributed by atoms with Crippen LogP contribution in [-0.4, -0.2) is 54.3 Å². The van der Waals surface area contributed by atoms with E-state index >= 15 is 0 Å². The van der Waals surface area contributed by atoms with E-state index in [4.69, 9.17) is 9.15 Å². The molecule has 128 valence electrons. The van der Waals surface area contributed by atoms with Gasteiger partial charge in [-0.15, -0.1) is 10.2 Å². The highest BCUT2D eigenvalue weighted by Crippen LogP contribution is 2.21. The maximum Gasteiger partial charge on any atom is 0.311 e. The number of anilines is 1. The highest BCUT2D eigenvalue weighted by atomic mass is 16.5. The maximum absolute atomic E-state index is 12.5. The van der Waals surface area contributed by atoms with Crippen LogP contribution in [0.4, 0.5) is 5.69 Å². The van der Waals surface area contributed by atoms with Crippen LogP contribution in [0, 0.1) is 0 Å². The van der Waals surface area contributed by atoms with E-state index in [0.29, 0.717) is 19.0 Å². The van der Waals surface area contributed by atoms with Crippen molar-refractivity contribution in [3.8, 4) is 5.75 Å². The average Bonchev–Trinajstić information content (AvgIpc) is 3.12. The summed E-state index contributed by atoms with van der Waals surface area (Å²) < 4.78 is 10.6. The number of amides is 1. The van der Waals surface area contributed by atoms with Gasteiger partial charge in [0.2, 0.25) is 5.89 Å². The summed E-state index contributed by atoms with van der Waals surface area (Å²) in [5.74, 6) is 1.34. The van der Waals surface area contributed by atoms with Gasteiger partial charge in [-0.2, -0.15) is 0 Å². The Labute approximate surface area is 141 Å². The number of methoxy groups -OCH3 is 1. The van der Waals surface area contributed by atoms with Crippen molar-refractivity contribution in [1.82, 2.24) is 15.1 Å². The van der Waals surface area contributed by atoms with Crippen LogP contribution in [0.25, 0.3) is 0 Å². The number of benzene rings is 1. The Hall–Kier alpha value is -2.57. The largest absolute Gasteiger partial charge is 0.497 e. The van der Waals surface area contributed by atoms with Gasteiger partial charge in [-0.05, 0) is 24.3 Å². The molecule has 0 unspecified atom stereocenters. The van der Waals surface area contributed by atoms with Crippen molar-refractivity contribution in [1.29, 1.82) is 0 Å². The highest BCUT2D eigenvalue weighted by molar-refractivity contribution is 5.89. The van der Waals surface area contributed by atoms with Crippen molar-refractivity contribution >= 4 is 11.6 Å². The van der Waals surface area contributed by atoms with Crippen LogP contribution in [0.1, 0.15) is 36.3 Å². The maximum atomic E-state index is 12.5. The fraction of sp³-hybridized carbons (Fsp3) is 0.471. The number of carbonyl (C=O) groups excluding carboxylic acids is 1. The second-order valence-corrected chi connectivity index (χ2v) is 6.08. The van der Waals surface area contributed by atoms with Crippen molar-refractivity contribution < 1.29 is 13.9 Å². The summed E-state index contributed by atoms with van der Waals surface area (Å²) >= 11 is 0. The number of piperazine rings is 1. The Balaban J connectivity index is 1.60. The van der Waals surface area contributed by atoms with Gasteiger partial charge in [0.15, 0.2) is 0 Å². The summed E-state index contributed by atoms with van der Waals surface area (Å²) in [4.78, 5) is 16.5. The minimum atomic E-state index is -0.191. The van der Waals surface area contributed by atoms with E-state index in [1.54, 1.807) is 12.0 Å². The molecule has 2 aromatic rings. The molecule has 0 atom stereocenters. The Morgan fingerprint density at radius 3 is 2.33 bits per heavy atom. The molecule has 1 aromatic carbocycles. The van der Waals surface area contributed by atoms with E-state index < -0.39 is 0 Å². The van der Waals surface area contributed by atoms with E-state index in [0.717, 1.165) is 24.5 Å². The van der Waals surface area contributed by atoms with Gasteiger partial charge in [-0.25, -0.2) is 0 Å². The van der Waals surface area contributed by atoms with Crippen LogP contribution < -0.4 is 9.64 Å². The molecule has 1 aliphatic heterocycles. The van der Waals surface area contributed by atoms with E-state index in [1.165, 1.54) is 0 Å². The van der Waals surface area contributed by atoms with E-state index in [1.807, 2.05) is 38.1 Å². The normalized spacial score (nSPS) is 15.0. The number of hydrogen-bond donors (Lipinski definition) is 0. The number of hydrogen-bond acceptors (Lipinski definition) is 6. The van der Waals surface area contributed by atoms with E-state index in [-0.39, 0.29) is 17.7 Å². The molecule has 1 saturated heterocycles. The Bertz CT molecular complexity index is 688. The number of nitrogens with zero attached hydrogens (tertiary/aromatic N) is 4. The van der Waals surface area contributed by atoms with E-state index in [2.05, 4.69) is 15.1 Å². The van der Waals surface area contributed by atoms with Gasteiger partial charge >= 0.3 is 11.8 Å². The fourth-order valence-electron chi connectivity index (χ4n) is 2.65. The molecule has 7 nitrogen and oxygen atoms in total. The SMILES string of the molecule is COc1ccc(N2CCN(C(=O)c3nnc(C(C)C)o3)CC2)cc1. The number of carbonyl (C=O) groups is 1. The van der Waals surface area contributed by atoms with Crippen LogP contribution >= 0.6 is 0 Å². The van der Waals surface area contributed by atoms with Crippen molar-refractivity contribution in [3.05, 3.63) is 36.0 Å². The molecule has 0 aliphatic carbocycles. The van der Waals surface area contributed by atoms with Gasteiger partial charge in [0.1, 0.15) is 5.75 Å². The van der Waals surface area contributed by atoms with Gasteiger partial charge in [0.25, 0.3) is 0 Å². The predicted molar refractivity (Wildman–Crippen MR) is 89.5 cm³/mol. The molecule has 2 heterocycles. The number of aromatic nitrogens is 2. The lowest BCUT2D eigenvalue weighted by molar-refractivity contribution is 0.0704. The van der Waals surface area contributed by atoms with Crippen molar-refractivity contribution in [2.45, 2.75) is 19.8 Å². The molecule has 0 saturated carbocycles. The minimum absolute atomic E-state index is 0.0802. The molecule has 0 radical (unpaired) electrons. The van der Waals surface area contributed by atoms with Gasteiger partial charge in [-0.3, -0.25) is 4.79 Å². The monoisotopic (exact) mass is 330 g/mol. The molecule has 0 bridgehead atoms. The zero-order valence-corrected chi connectivity index (χ0v) is 14.2. The van der Waals surface area contributed by atoms with Crippen LogP contribution in [0.2, 0.25) is 0 Å². The van der Waals surface area contributed by atoms with Gasteiger partial charge < -0.3 is 19.0 Å². The second kappa shape index (κ2) is 6.90. The predicted octanol–water partition coefficient (Wildman–Crippen LogP) is 2.16. The average molecular weight is 330 g/mol. The molecule has 1 fully saturated rings. The van der Waals surface area contributed by atoms with Gasteiger partial charge in [-0.1, -0.05) is 13.8 Å². The molecule has 7 heteroatoms. The zero-order valence-electron chi connectivity index (χ0n) is 14.2. The fourth-order valence-corrected chi connectivity index (χ4v) is 2.65. The highest BCUT2D eigenvalue weighted by Gasteiger charge is 2.26. The molecule has 3 rings (SSSR count). The number of ether oxygens (including phenoxy) is 1. The van der Waals surface area contributed by atoms with Crippen molar-refractivity contribution in [2.24, 2.45) is 0 Å². The summed E-state index contributed by atoms with van der Waals surface area (Å²) in [6.07, 6.45) is 0. The van der Waals surface area contributed by atoms with Crippen LogP contribution in [0.5, 0.6) is 5.75 Å². The van der Waals surface area contributed by atoms with Crippen molar-refractivity contribution in [2.75, 3.05) is 38.2 Å². The first-order valence-electron chi connectivity index (χ1n) is 8.10. The molecule has 1 amide bonds. The standard InChI is InChI=1S/C17H22N4O3/c1-12(2)15-18-19-16(24-15)17(22)21-10-8-20(9-11-21)13-4-6-14(23-3)7-5-13/h4-7,12H,8-11H2,1-3H3. The molecule has 0 spiro atoms. The Morgan fingerprint density at radius 1 is 1.12 bits per heavy atom. The summed E-state index contributed by atoms with van der Waals surface area (Å²) in [7, 11) is 1.65.